The van der Waals surface area contributed by atoms with Crippen LogP contribution in [0.4, 0.5) is 5.69 Å². The fraction of sp³-hybridized carbons (Fsp3) is 0.562. The number of nitrogens with zero attached hydrogens (tertiary/aromatic N) is 1. The Kier molecular flexibility index (Phi) is 5.48. The first kappa shape index (κ1) is 16.1. The summed E-state index contributed by atoms with van der Waals surface area (Å²) in [6, 6.07) is 5.14. The van der Waals surface area contributed by atoms with Crippen LogP contribution in [0.2, 0.25) is 5.02 Å². The van der Waals surface area contributed by atoms with E-state index in [0.717, 1.165) is 31.8 Å². The Morgan fingerprint density at radius 3 is 2.67 bits per heavy atom. The maximum absolute atomic E-state index is 12.3. The summed E-state index contributed by atoms with van der Waals surface area (Å²) in [5.74, 6) is 1.37. The molecular weight excluding hydrogens is 288 g/mol. The summed E-state index contributed by atoms with van der Waals surface area (Å²) in [7, 11) is 1.57. The Balaban J connectivity index is 1.95. The summed E-state index contributed by atoms with van der Waals surface area (Å²) in [4.78, 5) is 14.6. The topological polar surface area (TPSA) is 41.6 Å². The fourth-order valence-electron chi connectivity index (χ4n) is 2.57. The average Bonchev–Trinajstić information content (AvgIpc) is 2.47. The summed E-state index contributed by atoms with van der Waals surface area (Å²) in [5.41, 5.74) is 0.697. The minimum atomic E-state index is -0.127. The maximum atomic E-state index is 12.3. The predicted octanol–water partition coefficient (Wildman–Crippen LogP) is 3.41. The molecule has 2 rings (SSSR count). The first-order valence-electron chi connectivity index (χ1n) is 7.39. The minimum Gasteiger partial charge on any atom is -0.495 e. The number of rotatable bonds is 4. The molecule has 116 valence electrons. The van der Waals surface area contributed by atoms with Gasteiger partial charge in [-0.15, -0.1) is 0 Å². The highest BCUT2D eigenvalue weighted by atomic mass is 35.5. The van der Waals surface area contributed by atoms with Crippen molar-refractivity contribution in [2.75, 3.05) is 25.5 Å². The molecule has 0 aromatic heterocycles. The molecule has 1 saturated heterocycles. The summed E-state index contributed by atoms with van der Waals surface area (Å²) in [5, 5.41) is 3.42. The van der Waals surface area contributed by atoms with E-state index in [1.165, 1.54) is 0 Å². The number of carbonyl (C=O) groups is 1. The highest BCUT2D eigenvalue weighted by molar-refractivity contribution is 6.32. The van der Waals surface area contributed by atoms with Gasteiger partial charge in [0.15, 0.2) is 0 Å². The molecule has 5 heteroatoms. The molecule has 4 nitrogen and oxygen atoms in total. The van der Waals surface area contributed by atoms with E-state index < -0.39 is 0 Å². The number of ether oxygens (including phenoxy) is 1. The third-order valence-electron chi connectivity index (χ3n) is 4.16. The summed E-state index contributed by atoms with van der Waals surface area (Å²) in [6.07, 6.45) is 2.32. The molecule has 1 unspecified atom stereocenters. The number of nitrogens with one attached hydrogen (secondary N) is 1. The van der Waals surface area contributed by atoms with E-state index in [2.05, 4.69) is 17.1 Å². The first-order valence-corrected chi connectivity index (χ1v) is 7.77. The van der Waals surface area contributed by atoms with Crippen molar-refractivity contribution in [1.82, 2.24) is 4.90 Å². The van der Waals surface area contributed by atoms with Crippen molar-refractivity contribution in [3.63, 3.8) is 0 Å². The second kappa shape index (κ2) is 7.14. The van der Waals surface area contributed by atoms with E-state index in [1.807, 2.05) is 6.92 Å². The molecule has 1 aliphatic heterocycles. The van der Waals surface area contributed by atoms with Crippen LogP contribution in [0.3, 0.4) is 0 Å². The average molecular weight is 311 g/mol. The Morgan fingerprint density at radius 1 is 1.43 bits per heavy atom. The van der Waals surface area contributed by atoms with Crippen LogP contribution in [-0.4, -0.2) is 37.0 Å². The van der Waals surface area contributed by atoms with Crippen molar-refractivity contribution in [3.05, 3.63) is 23.2 Å². The van der Waals surface area contributed by atoms with Gasteiger partial charge in [0.2, 0.25) is 5.91 Å². The smallest absolute Gasteiger partial charge is 0.241 e. The molecule has 0 spiro atoms. The molecule has 1 atom stereocenters. The van der Waals surface area contributed by atoms with Crippen LogP contribution in [-0.2, 0) is 4.79 Å². The number of hydrogen-bond acceptors (Lipinski definition) is 3. The van der Waals surface area contributed by atoms with E-state index in [1.54, 1.807) is 25.3 Å². The molecule has 1 amide bonds. The Labute approximate surface area is 131 Å². The van der Waals surface area contributed by atoms with Gasteiger partial charge in [0.05, 0.1) is 18.2 Å². The van der Waals surface area contributed by atoms with E-state index in [4.69, 9.17) is 16.3 Å². The van der Waals surface area contributed by atoms with Gasteiger partial charge in [0.1, 0.15) is 5.75 Å². The SMILES string of the molecule is COc1ccc(NC(=O)C(C)N2CCC(C)CC2)cc1Cl. The molecule has 0 saturated carbocycles. The van der Waals surface area contributed by atoms with Crippen molar-refractivity contribution in [2.24, 2.45) is 5.92 Å². The second-order valence-electron chi connectivity index (χ2n) is 5.73. The van der Waals surface area contributed by atoms with Gasteiger partial charge in [-0.05, 0) is 57.0 Å². The monoisotopic (exact) mass is 310 g/mol. The molecule has 1 fully saturated rings. The molecular formula is C16H23ClN2O2. The number of halogens is 1. The molecule has 1 N–H and O–H groups in total. The maximum Gasteiger partial charge on any atom is 0.241 e. The predicted molar refractivity (Wildman–Crippen MR) is 86.1 cm³/mol. The fourth-order valence-corrected chi connectivity index (χ4v) is 2.83. The third-order valence-corrected chi connectivity index (χ3v) is 4.46. The Morgan fingerprint density at radius 2 is 2.10 bits per heavy atom. The number of hydrogen-bond donors (Lipinski definition) is 1. The van der Waals surface area contributed by atoms with Gasteiger partial charge in [0.25, 0.3) is 0 Å². The number of benzene rings is 1. The molecule has 1 heterocycles. The lowest BCUT2D eigenvalue weighted by atomic mass is 9.98. The van der Waals surface area contributed by atoms with E-state index in [9.17, 15) is 4.79 Å². The van der Waals surface area contributed by atoms with Gasteiger partial charge in [-0.3, -0.25) is 9.69 Å². The summed E-state index contributed by atoms with van der Waals surface area (Å²) < 4.78 is 5.10. The van der Waals surface area contributed by atoms with E-state index >= 15 is 0 Å². The van der Waals surface area contributed by atoms with E-state index in [-0.39, 0.29) is 11.9 Å². The number of piperidine rings is 1. The largest absolute Gasteiger partial charge is 0.495 e. The standard InChI is InChI=1S/C16H23ClN2O2/c1-11-6-8-19(9-7-11)12(2)16(20)18-13-4-5-15(21-3)14(17)10-13/h4-5,10-12H,6-9H2,1-3H3,(H,18,20). The van der Waals surface area contributed by atoms with Gasteiger partial charge < -0.3 is 10.1 Å². The number of likely N-dealkylation sites (tertiary alicyclic amines) is 1. The number of carbonyl (C=O) groups excluding carboxylic acids is 1. The lowest BCUT2D eigenvalue weighted by Gasteiger charge is -2.34. The lowest BCUT2D eigenvalue weighted by molar-refractivity contribution is -0.121. The van der Waals surface area contributed by atoms with Crippen LogP contribution >= 0.6 is 11.6 Å². The van der Waals surface area contributed by atoms with Crippen molar-refractivity contribution in [1.29, 1.82) is 0 Å². The molecule has 21 heavy (non-hydrogen) atoms. The number of methoxy groups -OCH3 is 1. The zero-order valence-electron chi connectivity index (χ0n) is 12.9. The highest BCUT2D eigenvalue weighted by Crippen LogP contribution is 2.27. The van der Waals surface area contributed by atoms with Gasteiger partial charge in [-0.1, -0.05) is 18.5 Å². The van der Waals surface area contributed by atoms with Crippen LogP contribution < -0.4 is 10.1 Å². The molecule has 1 aliphatic rings. The van der Waals surface area contributed by atoms with Gasteiger partial charge in [0, 0.05) is 5.69 Å². The summed E-state index contributed by atoms with van der Waals surface area (Å²) in [6.45, 7) is 6.19. The van der Waals surface area contributed by atoms with Crippen LogP contribution in [0.15, 0.2) is 18.2 Å². The molecule has 0 radical (unpaired) electrons. The first-order chi connectivity index (χ1) is 10.0. The summed E-state index contributed by atoms with van der Waals surface area (Å²) >= 11 is 6.07. The van der Waals surface area contributed by atoms with Crippen LogP contribution in [0, 0.1) is 5.92 Å². The van der Waals surface area contributed by atoms with Gasteiger partial charge in [-0.25, -0.2) is 0 Å². The van der Waals surface area contributed by atoms with Crippen molar-refractivity contribution in [3.8, 4) is 5.75 Å². The zero-order chi connectivity index (χ0) is 15.4. The quantitative estimate of drug-likeness (QED) is 0.926. The Hall–Kier alpha value is -1.26. The Bertz CT molecular complexity index is 499. The third kappa shape index (κ3) is 4.11. The van der Waals surface area contributed by atoms with Crippen molar-refractivity contribution >= 4 is 23.2 Å². The number of amides is 1. The van der Waals surface area contributed by atoms with Gasteiger partial charge >= 0.3 is 0 Å². The molecule has 0 bridgehead atoms. The lowest BCUT2D eigenvalue weighted by Crippen LogP contribution is -2.45. The highest BCUT2D eigenvalue weighted by Gasteiger charge is 2.25. The number of anilines is 1. The van der Waals surface area contributed by atoms with Crippen LogP contribution in [0.25, 0.3) is 0 Å². The molecule has 1 aromatic carbocycles. The molecule has 1 aromatic rings. The minimum absolute atomic E-state index is 0.00536. The van der Waals surface area contributed by atoms with E-state index in [0.29, 0.717) is 16.5 Å². The second-order valence-corrected chi connectivity index (χ2v) is 6.14. The van der Waals surface area contributed by atoms with Crippen LogP contribution in [0.5, 0.6) is 5.75 Å². The van der Waals surface area contributed by atoms with Gasteiger partial charge in [-0.2, -0.15) is 0 Å². The van der Waals surface area contributed by atoms with Crippen LogP contribution in [0.1, 0.15) is 26.7 Å². The van der Waals surface area contributed by atoms with Crippen molar-refractivity contribution < 1.29 is 9.53 Å². The molecule has 0 aliphatic carbocycles. The normalized spacial score (nSPS) is 18.3. The zero-order valence-corrected chi connectivity index (χ0v) is 13.6. The van der Waals surface area contributed by atoms with Crippen molar-refractivity contribution in [2.45, 2.75) is 32.7 Å².